The van der Waals surface area contributed by atoms with Gasteiger partial charge >= 0.3 is 0 Å². The zero-order chi connectivity index (χ0) is 17.6. The molecule has 1 aliphatic heterocycles. The highest BCUT2D eigenvalue weighted by atomic mass is 16.2. The van der Waals surface area contributed by atoms with Gasteiger partial charge in [-0.1, -0.05) is 62.4 Å². The normalized spacial score (nSPS) is 17.6. The van der Waals surface area contributed by atoms with E-state index in [4.69, 9.17) is 0 Å². The molecule has 2 aromatic rings. The van der Waals surface area contributed by atoms with Crippen molar-refractivity contribution in [2.45, 2.75) is 39.2 Å². The Balaban J connectivity index is 2.17. The topological polar surface area (TPSA) is 23.5 Å². The fourth-order valence-corrected chi connectivity index (χ4v) is 3.84. The van der Waals surface area contributed by atoms with E-state index in [1.54, 1.807) is 0 Å². The number of hydrogen-bond acceptors (Lipinski definition) is 2. The highest BCUT2D eigenvalue weighted by Crippen LogP contribution is 2.40. The Morgan fingerprint density at radius 2 is 1.56 bits per heavy atom. The Kier molecular flexibility index (Phi) is 5.72. The second-order valence-corrected chi connectivity index (χ2v) is 6.41. The third kappa shape index (κ3) is 3.54. The molecule has 0 aliphatic carbocycles. The first-order valence-electron chi connectivity index (χ1n) is 9.23. The highest BCUT2D eigenvalue weighted by molar-refractivity contribution is 5.81. The summed E-state index contributed by atoms with van der Waals surface area (Å²) in [5.74, 6) is 0. The second-order valence-electron chi connectivity index (χ2n) is 6.41. The van der Waals surface area contributed by atoms with Crippen LogP contribution >= 0.6 is 0 Å². The lowest BCUT2D eigenvalue weighted by molar-refractivity contribution is 0.299. The summed E-state index contributed by atoms with van der Waals surface area (Å²) in [6, 6.07) is 21.6. The molecule has 25 heavy (non-hydrogen) atoms. The molecule has 1 N–H and O–H groups in total. The Morgan fingerprint density at radius 1 is 0.920 bits per heavy atom. The average molecular weight is 333 g/mol. The summed E-state index contributed by atoms with van der Waals surface area (Å²) < 4.78 is 0. The fraction of sp³-hybridized carbons (Fsp3) is 0.304. The molecular formula is C23H27NO. The van der Waals surface area contributed by atoms with Crippen LogP contribution < -0.4 is 4.90 Å². The molecule has 1 atom stereocenters. The summed E-state index contributed by atoms with van der Waals surface area (Å²) in [5, 5.41) is 9.59. The SMILES string of the molecule is CCC1=C(c2ccccc2)C(CC)N(c2ccccc2)C=C1CCO. The molecule has 0 fully saturated rings. The fourth-order valence-electron chi connectivity index (χ4n) is 3.84. The molecule has 1 heterocycles. The van der Waals surface area contributed by atoms with E-state index in [0.29, 0.717) is 12.5 Å². The number of para-hydroxylation sites is 1. The molecule has 0 saturated heterocycles. The molecule has 0 spiro atoms. The number of nitrogens with zero attached hydrogens (tertiary/aromatic N) is 1. The molecule has 0 saturated carbocycles. The van der Waals surface area contributed by atoms with Gasteiger partial charge in [0.2, 0.25) is 0 Å². The molecule has 2 aromatic carbocycles. The van der Waals surface area contributed by atoms with Gasteiger partial charge in [0.25, 0.3) is 0 Å². The number of anilines is 1. The van der Waals surface area contributed by atoms with Crippen LogP contribution in [-0.4, -0.2) is 17.8 Å². The van der Waals surface area contributed by atoms with Crippen molar-refractivity contribution in [1.82, 2.24) is 0 Å². The molecule has 1 aliphatic rings. The highest BCUT2D eigenvalue weighted by Gasteiger charge is 2.29. The lowest BCUT2D eigenvalue weighted by Gasteiger charge is -2.39. The van der Waals surface area contributed by atoms with Crippen molar-refractivity contribution in [2.75, 3.05) is 11.5 Å². The van der Waals surface area contributed by atoms with Gasteiger partial charge in [-0.15, -0.1) is 0 Å². The van der Waals surface area contributed by atoms with Gasteiger partial charge in [0, 0.05) is 18.5 Å². The molecular weight excluding hydrogens is 306 g/mol. The Hall–Kier alpha value is -2.32. The number of aliphatic hydroxyl groups excluding tert-OH is 1. The van der Waals surface area contributed by atoms with Crippen LogP contribution in [0.4, 0.5) is 5.69 Å². The Bertz CT molecular complexity index is 746. The van der Waals surface area contributed by atoms with Crippen molar-refractivity contribution in [3.63, 3.8) is 0 Å². The lowest BCUT2D eigenvalue weighted by atomic mass is 9.83. The number of rotatable bonds is 6. The predicted octanol–water partition coefficient (Wildman–Crippen LogP) is 5.42. The van der Waals surface area contributed by atoms with E-state index < -0.39 is 0 Å². The van der Waals surface area contributed by atoms with Crippen molar-refractivity contribution in [2.24, 2.45) is 0 Å². The zero-order valence-electron chi connectivity index (χ0n) is 15.2. The third-order valence-electron chi connectivity index (χ3n) is 4.94. The molecule has 0 radical (unpaired) electrons. The van der Waals surface area contributed by atoms with E-state index in [1.807, 2.05) is 0 Å². The first-order valence-corrected chi connectivity index (χ1v) is 9.23. The van der Waals surface area contributed by atoms with Crippen LogP contribution in [0.25, 0.3) is 5.57 Å². The summed E-state index contributed by atoms with van der Waals surface area (Å²) in [4.78, 5) is 2.38. The monoisotopic (exact) mass is 333 g/mol. The van der Waals surface area contributed by atoms with Crippen molar-refractivity contribution in [3.05, 3.63) is 83.6 Å². The first-order chi connectivity index (χ1) is 12.3. The van der Waals surface area contributed by atoms with Gasteiger partial charge < -0.3 is 10.0 Å². The maximum absolute atomic E-state index is 9.59. The van der Waals surface area contributed by atoms with Crippen LogP contribution in [0.15, 0.2) is 78.0 Å². The minimum atomic E-state index is 0.177. The zero-order valence-corrected chi connectivity index (χ0v) is 15.2. The number of hydrogen-bond donors (Lipinski definition) is 1. The largest absolute Gasteiger partial charge is 0.396 e. The number of allylic oxidation sites excluding steroid dienone is 1. The average Bonchev–Trinajstić information content (AvgIpc) is 2.68. The van der Waals surface area contributed by atoms with E-state index in [9.17, 15) is 5.11 Å². The van der Waals surface area contributed by atoms with Gasteiger partial charge in [-0.25, -0.2) is 0 Å². The van der Waals surface area contributed by atoms with Crippen LogP contribution in [0.3, 0.4) is 0 Å². The first kappa shape index (κ1) is 17.5. The third-order valence-corrected chi connectivity index (χ3v) is 4.94. The lowest BCUT2D eigenvalue weighted by Crippen LogP contribution is -2.35. The van der Waals surface area contributed by atoms with Crippen LogP contribution in [0.2, 0.25) is 0 Å². The smallest absolute Gasteiger partial charge is 0.0591 e. The summed E-state index contributed by atoms with van der Waals surface area (Å²) >= 11 is 0. The van der Waals surface area contributed by atoms with Crippen LogP contribution in [0.5, 0.6) is 0 Å². The molecule has 0 aromatic heterocycles. The van der Waals surface area contributed by atoms with E-state index in [1.165, 1.54) is 28.0 Å². The van der Waals surface area contributed by atoms with Gasteiger partial charge in [-0.2, -0.15) is 0 Å². The molecule has 1 unspecified atom stereocenters. The minimum Gasteiger partial charge on any atom is -0.396 e. The standard InChI is InChI=1S/C23H27NO/c1-3-21-19(15-16-25)17-24(20-13-9-6-10-14-20)22(4-2)23(21)18-11-7-5-8-12-18/h5-14,17,22,25H,3-4,15-16H2,1-2H3. The van der Waals surface area contributed by atoms with E-state index in [0.717, 1.165) is 12.8 Å². The number of aliphatic hydroxyl groups is 1. The Morgan fingerprint density at radius 3 is 2.12 bits per heavy atom. The number of benzene rings is 2. The summed E-state index contributed by atoms with van der Waals surface area (Å²) in [6.45, 7) is 4.65. The Labute approximate surface area is 151 Å². The molecule has 2 nitrogen and oxygen atoms in total. The van der Waals surface area contributed by atoms with Gasteiger partial charge in [-0.3, -0.25) is 0 Å². The summed E-state index contributed by atoms with van der Waals surface area (Å²) in [7, 11) is 0. The molecule has 0 bridgehead atoms. The van der Waals surface area contributed by atoms with Gasteiger partial charge in [0.05, 0.1) is 6.04 Å². The van der Waals surface area contributed by atoms with E-state index >= 15 is 0 Å². The molecule has 3 rings (SSSR count). The van der Waals surface area contributed by atoms with Crippen LogP contribution in [-0.2, 0) is 0 Å². The summed E-state index contributed by atoms with van der Waals surface area (Å²) in [6.07, 6.45) is 4.96. The minimum absolute atomic E-state index is 0.177. The molecule has 130 valence electrons. The van der Waals surface area contributed by atoms with Gasteiger partial charge in [0.1, 0.15) is 0 Å². The molecule has 2 heteroatoms. The van der Waals surface area contributed by atoms with Crippen molar-refractivity contribution < 1.29 is 5.11 Å². The van der Waals surface area contributed by atoms with Crippen molar-refractivity contribution in [3.8, 4) is 0 Å². The van der Waals surface area contributed by atoms with Crippen molar-refractivity contribution >= 4 is 11.3 Å². The maximum atomic E-state index is 9.59. The van der Waals surface area contributed by atoms with E-state index in [2.05, 4.69) is 85.6 Å². The van der Waals surface area contributed by atoms with Gasteiger partial charge in [-0.05, 0) is 53.7 Å². The maximum Gasteiger partial charge on any atom is 0.0591 e. The van der Waals surface area contributed by atoms with Crippen LogP contribution in [0.1, 0.15) is 38.7 Å². The second kappa shape index (κ2) is 8.17. The molecule has 0 amide bonds. The van der Waals surface area contributed by atoms with Crippen molar-refractivity contribution in [1.29, 1.82) is 0 Å². The van der Waals surface area contributed by atoms with Gasteiger partial charge in [0.15, 0.2) is 0 Å². The predicted molar refractivity (Wildman–Crippen MR) is 106 cm³/mol. The van der Waals surface area contributed by atoms with E-state index in [-0.39, 0.29) is 6.61 Å². The quantitative estimate of drug-likeness (QED) is 0.763. The van der Waals surface area contributed by atoms with Crippen LogP contribution in [0, 0.1) is 0 Å². The summed E-state index contributed by atoms with van der Waals surface area (Å²) in [5.41, 5.74) is 6.53.